The minimum Gasteiger partial charge on any atom is -0.390 e. The molecule has 4 nitrogen and oxygen atoms in total. The summed E-state index contributed by atoms with van der Waals surface area (Å²) in [5.74, 6) is -1.48. The largest absolute Gasteiger partial charge is 0.390 e. The van der Waals surface area contributed by atoms with E-state index in [0.29, 0.717) is 11.3 Å². The molecule has 1 saturated heterocycles. The van der Waals surface area contributed by atoms with Gasteiger partial charge in [0.15, 0.2) is 0 Å². The monoisotopic (exact) mass is 223 g/mol. The molecule has 84 valence electrons. The van der Waals surface area contributed by atoms with E-state index in [1.54, 1.807) is 17.9 Å². The Morgan fingerprint density at radius 2 is 1.88 bits per heavy atom. The van der Waals surface area contributed by atoms with Crippen molar-refractivity contribution in [3.63, 3.8) is 0 Å². The Balaban J connectivity index is 2.26. The van der Waals surface area contributed by atoms with E-state index in [9.17, 15) is 14.0 Å². The van der Waals surface area contributed by atoms with Crippen LogP contribution in [0.25, 0.3) is 0 Å². The van der Waals surface area contributed by atoms with Gasteiger partial charge in [0.1, 0.15) is 18.9 Å². The average molecular weight is 223 g/mol. The van der Waals surface area contributed by atoms with Crippen molar-refractivity contribution in [1.29, 1.82) is 0 Å². The van der Waals surface area contributed by atoms with Crippen LogP contribution >= 0.6 is 0 Å². The number of hydrogen-bond donors (Lipinski definition) is 0. The van der Waals surface area contributed by atoms with Gasteiger partial charge in [-0.15, -0.1) is 0 Å². The van der Waals surface area contributed by atoms with Crippen LogP contribution in [0.3, 0.4) is 0 Å². The van der Waals surface area contributed by atoms with Crippen LogP contribution in [0.5, 0.6) is 0 Å². The number of esters is 2. The number of halogens is 1. The molecule has 1 aromatic carbocycles. The fraction of sp³-hybridized carbons (Fsp3) is 0.273. The van der Waals surface area contributed by atoms with Gasteiger partial charge in [-0.25, -0.2) is 14.0 Å². The smallest absolute Gasteiger partial charge is 0.333 e. The second-order valence-corrected chi connectivity index (χ2v) is 3.64. The number of carbonyl (C=O) groups excluding carboxylic acids is 2. The van der Waals surface area contributed by atoms with Crippen molar-refractivity contribution >= 4 is 17.6 Å². The van der Waals surface area contributed by atoms with E-state index in [1.165, 1.54) is 12.1 Å². The van der Waals surface area contributed by atoms with E-state index in [2.05, 4.69) is 4.74 Å². The number of hydrogen-bond acceptors (Lipinski definition) is 4. The summed E-state index contributed by atoms with van der Waals surface area (Å²) in [5, 5.41) is 0. The first-order valence-electron chi connectivity index (χ1n) is 4.81. The molecule has 1 heterocycles. The summed E-state index contributed by atoms with van der Waals surface area (Å²) in [6.45, 7) is 1.65. The number of cyclic esters (lactones) is 2. The Bertz CT molecular complexity index is 443. The molecule has 1 aliphatic rings. The first kappa shape index (κ1) is 10.6. The zero-order valence-electron chi connectivity index (χ0n) is 8.70. The highest BCUT2D eigenvalue weighted by Gasteiger charge is 2.25. The Labute approximate surface area is 91.6 Å². The van der Waals surface area contributed by atoms with E-state index in [-0.39, 0.29) is 18.9 Å². The third-order valence-corrected chi connectivity index (χ3v) is 2.37. The van der Waals surface area contributed by atoms with Gasteiger partial charge in [-0.2, -0.15) is 0 Å². The summed E-state index contributed by atoms with van der Waals surface area (Å²) < 4.78 is 17.4. The van der Waals surface area contributed by atoms with Gasteiger partial charge in [-0.05, 0) is 30.7 Å². The fourth-order valence-electron chi connectivity index (χ4n) is 1.57. The molecule has 0 unspecified atom stereocenters. The van der Waals surface area contributed by atoms with Crippen molar-refractivity contribution in [1.82, 2.24) is 0 Å². The maximum Gasteiger partial charge on any atom is 0.333 e. The average Bonchev–Trinajstić information content (AvgIpc) is 2.20. The van der Waals surface area contributed by atoms with Crippen molar-refractivity contribution in [2.75, 3.05) is 18.0 Å². The van der Waals surface area contributed by atoms with Crippen molar-refractivity contribution in [2.45, 2.75) is 6.92 Å². The van der Waals surface area contributed by atoms with E-state index < -0.39 is 11.9 Å². The lowest BCUT2D eigenvalue weighted by atomic mass is 10.2. The minimum atomic E-state index is -0.585. The summed E-state index contributed by atoms with van der Waals surface area (Å²) in [4.78, 5) is 23.7. The maximum atomic E-state index is 13.0. The van der Waals surface area contributed by atoms with E-state index in [4.69, 9.17) is 0 Å². The quantitative estimate of drug-likeness (QED) is 0.527. The van der Waals surface area contributed by atoms with Crippen molar-refractivity contribution in [2.24, 2.45) is 0 Å². The van der Waals surface area contributed by atoms with Crippen LogP contribution in [-0.4, -0.2) is 25.0 Å². The molecule has 0 aromatic heterocycles. The number of carbonyl (C=O) groups is 2. The molecule has 1 aliphatic heterocycles. The molecule has 1 fully saturated rings. The molecular weight excluding hydrogens is 213 g/mol. The van der Waals surface area contributed by atoms with Gasteiger partial charge in [-0.1, -0.05) is 0 Å². The molecule has 0 bridgehead atoms. The van der Waals surface area contributed by atoms with Gasteiger partial charge in [-0.3, -0.25) is 0 Å². The van der Waals surface area contributed by atoms with Gasteiger partial charge >= 0.3 is 11.9 Å². The van der Waals surface area contributed by atoms with Gasteiger partial charge < -0.3 is 9.64 Å². The molecule has 0 radical (unpaired) electrons. The lowest BCUT2D eigenvalue weighted by Gasteiger charge is -2.26. The summed E-state index contributed by atoms with van der Waals surface area (Å²) >= 11 is 0. The normalized spacial score (nSPS) is 16.2. The first-order valence-corrected chi connectivity index (χ1v) is 4.81. The summed E-state index contributed by atoms with van der Waals surface area (Å²) in [6.07, 6.45) is 0. The standard InChI is InChI=1S/C11H10FNO3/c1-7-4-8(2-3-9(7)12)13-5-10(14)16-11(15)6-13/h2-4H,5-6H2,1H3. The minimum absolute atomic E-state index is 0.0107. The van der Waals surface area contributed by atoms with Crippen LogP contribution in [0.1, 0.15) is 5.56 Å². The molecular formula is C11H10FNO3. The number of anilines is 1. The molecule has 1 aromatic rings. The third kappa shape index (κ3) is 2.03. The fourth-order valence-corrected chi connectivity index (χ4v) is 1.57. The van der Waals surface area contributed by atoms with Crippen molar-refractivity contribution in [3.05, 3.63) is 29.6 Å². The summed E-state index contributed by atoms with van der Waals surface area (Å²) in [5.41, 5.74) is 1.12. The van der Waals surface area contributed by atoms with E-state index in [1.807, 2.05) is 0 Å². The highest BCUT2D eigenvalue weighted by atomic mass is 19.1. The molecule has 0 saturated carbocycles. The summed E-state index contributed by atoms with van der Waals surface area (Å²) in [6, 6.07) is 4.45. The number of aryl methyl sites for hydroxylation is 1. The first-order chi connectivity index (χ1) is 7.56. The van der Waals surface area contributed by atoms with E-state index >= 15 is 0 Å². The SMILES string of the molecule is Cc1cc(N2CC(=O)OC(=O)C2)ccc1F. The third-order valence-electron chi connectivity index (χ3n) is 2.37. The summed E-state index contributed by atoms with van der Waals surface area (Å²) in [7, 11) is 0. The Morgan fingerprint density at radius 1 is 1.25 bits per heavy atom. The Morgan fingerprint density at radius 3 is 2.44 bits per heavy atom. The predicted octanol–water partition coefficient (Wildman–Crippen LogP) is 1.02. The number of benzene rings is 1. The molecule has 0 aliphatic carbocycles. The second-order valence-electron chi connectivity index (χ2n) is 3.64. The van der Waals surface area contributed by atoms with Crippen molar-refractivity contribution < 1.29 is 18.7 Å². The van der Waals surface area contributed by atoms with Crippen molar-refractivity contribution in [3.8, 4) is 0 Å². The van der Waals surface area contributed by atoms with Crippen LogP contribution < -0.4 is 4.90 Å². The second kappa shape index (κ2) is 3.92. The molecule has 0 atom stereocenters. The number of ether oxygens (including phenoxy) is 1. The molecule has 2 rings (SSSR count). The number of nitrogens with zero attached hydrogens (tertiary/aromatic N) is 1. The maximum absolute atomic E-state index is 13.0. The van der Waals surface area contributed by atoms with Gasteiger partial charge in [0.05, 0.1) is 0 Å². The molecule has 16 heavy (non-hydrogen) atoms. The zero-order valence-corrected chi connectivity index (χ0v) is 8.70. The highest BCUT2D eigenvalue weighted by Crippen LogP contribution is 2.19. The number of morpholine rings is 1. The van der Waals surface area contributed by atoms with E-state index in [0.717, 1.165) is 0 Å². The van der Waals surface area contributed by atoms with Crippen LogP contribution in [0.2, 0.25) is 0 Å². The van der Waals surface area contributed by atoms with Crippen LogP contribution in [0.15, 0.2) is 18.2 Å². The van der Waals surface area contributed by atoms with Gasteiger partial charge in [0.2, 0.25) is 0 Å². The molecule has 0 spiro atoms. The van der Waals surface area contributed by atoms with Gasteiger partial charge in [0, 0.05) is 5.69 Å². The lowest BCUT2D eigenvalue weighted by Crippen LogP contribution is -2.43. The highest BCUT2D eigenvalue weighted by molar-refractivity contribution is 5.94. The predicted molar refractivity (Wildman–Crippen MR) is 54.4 cm³/mol. The Kier molecular flexibility index (Phi) is 2.60. The molecule has 0 amide bonds. The van der Waals surface area contributed by atoms with Crippen LogP contribution in [-0.2, 0) is 14.3 Å². The number of rotatable bonds is 1. The Hall–Kier alpha value is -1.91. The molecule has 0 N–H and O–H groups in total. The van der Waals surface area contributed by atoms with Crippen LogP contribution in [0, 0.1) is 12.7 Å². The lowest BCUT2D eigenvalue weighted by molar-refractivity contribution is -0.160. The van der Waals surface area contributed by atoms with Crippen LogP contribution in [0.4, 0.5) is 10.1 Å². The van der Waals surface area contributed by atoms with Gasteiger partial charge in [0.25, 0.3) is 0 Å². The molecule has 5 heteroatoms. The topological polar surface area (TPSA) is 46.6 Å². The zero-order chi connectivity index (χ0) is 11.7.